The first-order valence-corrected chi connectivity index (χ1v) is 5.23. The van der Waals surface area contributed by atoms with E-state index in [0.29, 0.717) is 12.1 Å². The molecule has 0 amide bonds. The van der Waals surface area contributed by atoms with Crippen LogP contribution in [0.15, 0.2) is 0 Å². The van der Waals surface area contributed by atoms with E-state index in [4.69, 9.17) is 4.74 Å². The minimum Gasteiger partial charge on any atom is -0.377 e. The summed E-state index contributed by atoms with van der Waals surface area (Å²) in [6.07, 6.45) is 5.49. The number of hydrogen-bond acceptors (Lipinski definition) is 2. The quantitative estimate of drug-likeness (QED) is 0.698. The van der Waals surface area contributed by atoms with E-state index >= 15 is 0 Å². The zero-order valence-electron chi connectivity index (χ0n) is 8.31. The van der Waals surface area contributed by atoms with Gasteiger partial charge >= 0.3 is 0 Å². The monoisotopic (exact) mass is 171 g/mol. The predicted octanol–water partition coefficient (Wildman–Crippen LogP) is 1.94. The highest BCUT2D eigenvalue weighted by Crippen LogP contribution is 2.17. The summed E-state index contributed by atoms with van der Waals surface area (Å²) in [7, 11) is 0. The third kappa shape index (κ3) is 2.76. The van der Waals surface area contributed by atoms with Crippen molar-refractivity contribution in [2.24, 2.45) is 0 Å². The number of nitrogens with one attached hydrogen (secondary N) is 1. The van der Waals surface area contributed by atoms with Gasteiger partial charge in [-0.2, -0.15) is 0 Å². The first-order valence-electron chi connectivity index (χ1n) is 5.23. The van der Waals surface area contributed by atoms with Gasteiger partial charge in [-0.3, -0.25) is 0 Å². The molecule has 0 spiro atoms. The Morgan fingerprint density at radius 3 is 2.75 bits per heavy atom. The van der Waals surface area contributed by atoms with E-state index in [1.165, 1.54) is 25.7 Å². The summed E-state index contributed by atoms with van der Waals surface area (Å²) in [5.41, 5.74) is 0. The van der Waals surface area contributed by atoms with Crippen LogP contribution in [0.5, 0.6) is 0 Å². The summed E-state index contributed by atoms with van der Waals surface area (Å²) in [6.45, 7) is 6.40. The van der Waals surface area contributed by atoms with Crippen molar-refractivity contribution in [3.05, 3.63) is 0 Å². The van der Waals surface area contributed by atoms with Gasteiger partial charge in [0.2, 0.25) is 0 Å². The van der Waals surface area contributed by atoms with Gasteiger partial charge < -0.3 is 10.1 Å². The van der Waals surface area contributed by atoms with Gasteiger partial charge in [-0.05, 0) is 32.2 Å². The van der Waals surface area contributed by atoms with E-state index in [2.05, 4.69) is 19.2 Å². The maximum absolute atomic E-state index is 5.72. The summed E-state index contributed by atoms with van der Waals surface area (Å²) in [6, 6.07) is 0.579. The summed E-state index contributed by atoms with van der Waals surface area (Å²) >= 11 is 0. The molecule has 0 aromatic heterocycles. The molecule has 0 radical (unpaired) electrons. The molecule has 1 N–H and O–H groups in total. The Morgan fingerprint density at radius 2 is 2.25 bits per heavy atom. The average Bonchev–Trinajstić information content (AvgIpc) is 2.15. The van der Waals surface area contributed by atoms with Gasteiger partial charge in [0, 0.05) is 12.6 Å². The van der Waals surface area contributed by atoms with Gasteiger partial charge in [0.1, 0.15) is 0 Å². The van der Waals surface area contributed by atoms with Crippen LogP contribution in [0.4, 0.5) is 0 Å². The molecule has 2 unspecified atom stereocenters. The zero-order valence-corrected chi connectivity index (χ0v) is 8.31. The lowest BCUT2D eigenvalue weighted by Crippen LogP contribution is -2.42. The van der Waals surface area contributed by atoms with Gasteiger partial charge in [0.25, 0.3) is 0 Å². The fourth-order valence-corrected chi connectivity index (χ4v) is 1.88. The normalized spacial score (nSPS) is 27.0. The Morgan fingerprint density at radius 1 is 1.42 bits per heavy atom. The molecule has 0 aliphatic carbocycles. The molecule has 0 aromatic rings. The molecule has 1 heterocycles. The number of likely N-dealkylation sites (N-methyl/N-ethyl adjacent to an activating group) is 1. The third-order valence-electron chi connectivity index (χ3n) is 2.57. The van der Waals surface area contributed by atoms with Crippen molar-refractivity contribution in [3.63, 3.8) is 0 Å². The zero-order chi connectivity index (χ0) is 8.81. The Labute approximate surface area is 75.7 Å². The first kappa shape index (κ1) is 10.0. The van der Waals surface area contributed by atoms with Crippen molar-refractivity contribution in [3.8, 4) is 0 Å². The Bertz CT molecular complexity index is 108. The molecule has 1 rings (SSSR count). The smallest absolute Gasteiger partial charge is 0.0727 e. The van der Waals surface area contributed by atoms with E-state index in [9.17, 15) is 0 Å². The van der Waals surface area contributed by atoms with Crippen LogP contribution in [0.1, 0.15) is 39.5 Å². The van der Waals surface area contributed by atoms with Crippen LogP contribution in [0.25, 0.3) is 0 Å². The Balaban J connectivity index is 2.29. The fourth-order valence-electron chi connectivity index (χ4n) is 1.88. The van der Waals surface area contributed by atoms with Gasteiger partial charge in [0.05, 0.1) is 6.10 Å². The lowest BCUT2D eigenvalue weighted by molar-refractivity contribution is -0.00791. The van der Waals surface area contributed by atoms with Crippen LogP contribution >= 0.6 is 0 Å². The summed E-state index contributed by atoms with van der Waals surface area (Å²) in [4.78, 5) is 0. The van der Waals surface area contributed by atoms with Crippen molar-refractivity contribution in [1.29, 1.82) is 0 Å². The van der Waals surface area contributed by atoms with Crippen molar-refractivity contribution >= 4 is 0 Å². The van der Waals surface area contributed by atoms with E-state index in [1.54, 1.807) is 0 Å². The lowest BCUT2D eigenvalue weighted by Gasteiger charge is -2.30. The van der Waals surface area contributed by atoms with Gasteiger partial charge in [0.15, 0.2) is 0 Å². The highest BCUT2D eigenvalue weighted by Gasteiger charge is 2.21. The van der Waals surface area contributed by atoms with E-state index in [1.807, 2.05) is 0 Å². The molecule has 0 bridgehead atoms. The number of rotatable bonds is 4. The predicted molar refractivity (Wildman–Crippen MR) is 51.3 cm³/mol. The molecule has 0 saturated carbocycles. The number of ether oxygens (including phenoxy) is 1. The second-order valence-electron chi connectivity index (χ2n) is 3.48. The van der Waals surface area contributed by atoms with Gasteiger partial charge in [-0.15, -0.1) is 0 Å². The highest BCUT2D eigenvalue weighted by atomic mass is 16.5. The van der Waals surface area contributed by atoms with Crippen molar-refractivity contribution in [1.82, 2.24) is 5.32 Å². The second kappa shape index (κ2) is 5.55. The maximum atomic E-state index is 5.72. The minimum absolute atomic E-state index is 0.476. The highest BCUT2D eigenvalue weighted by molar-refractivity contribution is 4.77. The standard InChI is InChI=1S/C10H21NO/c1-3-9(11-4-2)10-7-5-6-8-12-10/h9-11H,3-8H2,1-2H3. The largest absolute Gasteiger partial charge is 0.377 e. The van der Waals surface area contributed by atoms with E-state index in [0.717, 1.165) is 13.2 Å². The van der Waals surface area contributed by atoms with Crippen LogP contribution in [-0.2, 0) is 4.74 Å². The average molecular weight is 171 g/mol. The summed E-state index contributed by atoms with van der Waals surface area (Å²) < 4.78 is 5.72. The molecule has 12 heavy (non-hydrogen) atoms. The minimum atomic E-state index is 0.476. The first-order chi connectivity index (χ1) is 5.88. The molecule has 1 aliphatic heterocycles. The lowest BCUT2D eigenvalue weighted by atomic mass is 10.0. The molecule has 2 heteroatoms. The Kier molecular flexibility index (Phi) is 4.62. The van der Waals surface area contributed by atoms with Crippen LogP contribution < -0.4 is 5.32 Å². The molecule has 1 aliphatic rings. The van der Waals surface area contributed by atoms with E-state index in [-0.39, 0.29) is 0 Å². The maximum Gasteiger partial charge on any atom is 0.0727 e. The van der Waals surface area contributed by atoms with Crippen LogP contribution in [-0.4, -0.2) is 25.3 Å². The van der Waals surface area contributed by atoms with Crippen molar-refractivity contribution in [2.45, 2.75) is 51.7 Å². The Hall–Kier alpha value is -0.0800. The molecular weight excluding hydrogens is 150 g/mol. The van der Waals surface area contributed by atoms with Crippen molar-refractivity contribution in [2.75, 3.05) is 13.2 Å². The summed E-state index contributed by atoms with van der Waals surface area (Å²) in [5, 5.41) is 3.48. The molecule has 72 valence electrons. The van der Waals surface area contributed by atoms with Crippen LogP contribution in [0.2, 0.25) is 0 Å². The molecule has 2 atom stereocenters. The van der Waals surface area contributed by atoms with Gasteiger partial charge in [-0.1, -0.05) is 13.8 Å². The molecule has 1 fully saturated rings. The fraction of sp³-hybridized carbons (Fsp3) is 1.00. The molecule has 2 nitrogen and oxygen atoms in total. The third-order valence-corrected chi connectivity index (χ3v) is 2.57. The topological polar surface area (TPSA) is 21.3 Å². The molecular formula is C10H21NO. The van der Waals surface area contributed by atoms with Crippen molar-refractivity contribution < 1.29 is 4.74 Å². The molecule has 1 saturated heterocycles. The number of hydrogen-bond donors (Lipinski definition) is 1. The van der Waals surface area contributed by atoms with Crippen LogP contribution in [0.3, 0.4) is 0 Å². The molecule has 0 aromatic carbocycles. The van der Waals surface area contributed by atoms with E-state index < -0.39 is 0 Å². The van der Waals surface area contributed by atoms with Crippen LogP contribution in [0, 0.1) is 0 Å². The van der Waals surface area contributed by atoms with Gasteiger partial charge in [-0.25, -0.2) is 0 Å². The summed E-state index contributed by atoms with van der Waals surface area (Å²) in [5.74, 6) is 0. The SMILES string of the molecule is CCNC(CC)C1CCCCO1. The second-order valence-corrected chi connectivity index (χ2v) is 3.48.